The fourth-order valence-electron chi connectivity index (χ4n) is 10.8. The molecule has 0 bridgehead atoms. The fraction of sp³-hybridized carbons (Fsp3) is 0.159. The van der Waals surface area contributed by atoms with Crippen LogP contribution in [0.25, 0.3) is 34.1 Å². The fourth-order valence-corrected chi connectivity index (χ4v) is 12.4. The first-order valence-electron chi connectivity index (χ1n) is 37.1. The summed E-state index contributed by atoms with van der Waals surface area (Å²) in [6, 6.07) is 74.5. The number of carboxylic acid groups (broad SMARTS) is 1. The molecule has 14 aromatic rings. The van der Waals surface area contributed by atoms with Crippen LogP contribution in [-0.4, -0.2) is 91.9 Å². The molecule has 0 spiro atoms. The first-order valence-corrected chi connectivity index (χ1v) is 50.5. The molecular formula is C88H81Br4Cl3CuF6IN20NaO10Ru. The number of rotatable bonds is 11. The van der Waals surface area contributed by atoms with Gasteiger partial charge in [0.2, 0.25) is 0 Å². The van der Waals surface area contributed by atoms with Crippen molar-refractivity contribution in [1.82, 2.24) is 58.7 Å². The van der Waals surface area contributed by atoms with E-state index in [4.69, 9.17) is 92.4 Å². The Morgan fingerprint density at radius 1 is 0.452 bits per heavy atom. The van der Waals surface area contributed by atoms with Gasteiger partial charge >= 0.3 is 107 Å². The van der Waals surface area contributed by atoms with Crippen LogP contribution < -0.4 is 80.4 Å². The van der Waals surface area contributed by atoms with Crippen LogP contribution in [0.3, 0.4) is 0 Å². The topological polar surface area (TPSA) is 505 Å². The molecule has 0 unspecified atom stereocenters. The van der Waals surface area contributed by atoms with Crippen molar-refractivity contribution in [3.05, 3.63) is 346 Å². The molecule has 8 aromatic carbocycles. The van der Waals surface area contributed by atoms with Crippen molar-refractivity contribution in [2.24, 2.45) is 5.84 Å². The number of carbonyl (C=O) groups is 3. The molecule has 0 saturated carbocycles. The number of carbonyl (C=O) groups excluding carboxylic acids is 2. The van der Waals surface area contributed by atoms with Crippen LogP contribution in [0.4, 0.5) is 37.7 Å². The summed E-state index contributed by atoms with van der Waals surface area (Å²) < 4.78 is 123. The Bertz CT molecular complexity index is 6320. The molecule has 0 aliphatic heterocycles. The van der Waals surface area contributed by atoms with E-state index in [0.717, 1.165) is 91.8 Å². The van der Waals surface area contributed by atoms with E-state index >= 15 is 0 Å². The number of anilines is 2. The second-order valence-corrected chi connectivity index (χ2v) is 40.2. The SMILES string of the molecule is CC(=O)CC(C)=O.Cc1cc(C(=O)O)n(-c2cccc(C#N)c2)n1.Cc1cc(C(F)(F)F)n(-c2cccc(Br)c2)n1.Cc1cc(C(F)(F)F)n(-c2cccc(C#N)c2)n1.Cc1cc(C)n(-c2cccc(Br)c2)n1.Cc1cc(C)n(-c2cccc(C#N)c2)n1.Cc1cc(CO)n(-c2cccc(C#N)c2)n1.NNc1cccc(Br)c1.Nc1cccc(Br)c1.O.[C-]#N.[Cl][Ru]([Cl])[Cl].[Cu+].[Na+].[O-][I+3]([O-])([O-])[O-]. The largest absolute Gasteiger partial charge is 1.00 e. The average Bonchev–Trinajstić information content (AvgIpc) is 1.66. The Morgan fingerprint density at radius 3 is 0.993 bits per heavy atom. The molecule has 6 heterocycles. The number of nitrogens with zero attached hydrogens (tertiary/aromatic N) is 17. The number of nitrogens with one attached hydrogen (secondary N) is 1. The van der Waals surface area contributed by atoms with E-state index in [2.05, 4.69) is 131 Å². The van der Waals surface area contributed by atoms with Gasteiger partial charge in [0.1, 0.15) is 43.0 Å². The summed E-state index contributed by atoms with van der Waals surface area (Å²) in [5.74, 6) is 3.97. The number of aryl methyl sites for hydroxylation is 8. The molecule has 0 saturated heterocycles. The summed E-state index contributed by atoms with van der Waals surface area (Å²) >= 11 is 5.56. The quantitative estimate of drug-likeness (QED) is 0.0117. The van der Waals surface area contributed by atoms with Crippen LogP contribution in [0, 0.1) is 113 Å². The van der Waals surface area contributed by atoms with Gasteiger partial charge in [0, 0.05) is 40.7 Å². The predicted octanol–water partition coefficient (Wildman–Crippen LogP) is 10.8. The van der Waals surface area contributed by atoms with E-state index in [1.165, 1.54) is 62.7 Å². The second kappa shape index (κ2) is 62.6. The van der Waals surface area contributed by atoms with E-state index < -0.39 is 62.8 Å². The zero-order valence-electron chi connectivity index (χ0n) is 72.8. The van der Waals surface area contributed by atoms with E-state index in [1.54, 1.807) is 84.4 Å². The number of Topliss-reactive ketones (excluding diaryl/α,β-unsaturated/α-hetero) is 2. The number of nitrogen functional groups attached to an aromatic ring is 2. The van der Waals surface area contributed by atoms with Crippen molar-refractivity contribution in [2.75, 3.05) is 11.2 Å². The van der Waals surface area contributed by atoms with Crippen LogP contribution in [0.2, 0.25) is 0 Å². The molecule has 135 heavy (non-hydrogen) atoms. The first kappa shape index (κ1) is 125. The molecule has 0 atom stereocenters. The summed E-state index contributed by atoms with van der Waals surface area (Å²) in [5, 5.41) is 84.5. The van der Waals surface area contributed by atoms with Gasteiger partial charge in [-0.25, -0.2) is 32.9 Å². The summed E-state index contributed by atoms with van der Waals surface area (Å²) in [6.45, 7) is 22.1. The summed E-state index contributed by atoms with van der Waals surface area (Å²) in [5.41, 5.74) is 21.1. The number of ketones is 2. The van der Waals surface area contributed by atoms with Crippen LogP contribution >= 0.6 is 92.8 Å². The molecule has 0 aliphatic carbocycles. The summed E-state index contributed by atoms with van der Waals surface area (Å²) in [6.07, 6.45) is -8.81. The number of aromatic carboxylic acids is 1. The third kappa shape index (κ3) is 47.0. The minimum absolute atomic E-state index is 0. The normalized spacial score (nSPS) is 9.99. The molecule has 47 heteroatoms. The monoisotopic (exact) mass is 2430 g/mol. The maximum absolute atomic E-state index is 12.8. The minimum atomic E-state index is -5.94. The molecule has 0 amide bonds. The van der Waals surface area contributed by atoms with Gasteiger partial charge in [-0.2, -0.15) is 78.0 Å². The number of halogens is 14. The maximum atomic E-state index is 12.8. The molecule has 14 rings (SSSR count). The van der Waals surface area contributed by atoms with E-state index in [1.807, 2.05) is 152 Å². The number of hydrogen-bond donors (Lipinski definition) is 5. The molecule has 6 aromatic heterocycles. The zero-order chi connectivity index (χ0) is 99.5. The minimum Gasteiger partial charge on any atom is -0.286 e. The van der Waals surface area contributed by atoms with Crippen molar-refractivity contribution >= 4 is 122 Å². The van der Waals surface area contributed by atoms with Gasteiger partial charge in [-0.05, 0) is 251 Å². The van der Waals surface area contributed by atoms with E-state index in [-0.39, 0.29) is 99.3 Å². The molecule has 0 fully saturated rings. The Morgan fingerprint density at radius 2 is 0.719 bits per heavy atom. The maximum Gasteiger partial charge on any atom is 1.00 e. The molecule has 9 N–H and O–H groups in total. The number of benzene rings is 8. The molecule has 0 aliphatic rings. The van der Waals surface area contributed by atoms with Gasteiger partial charge in [0.05, 0.1) is 134 Å². The van der Waals surface area contributed by atoms with Crippen molar-refractivity contribution in [3.8, 4) is 58.4 Å². The number of aliphatic hydroxyl groups is 1. The van der Waals surface area contributed by atoms with Crippen molar-refractivity contribution < 1.29 is 150 Å². The van der Waals surface area contributed by atoms with Crippen molar-refractivity contribution in [2.45, 2.75) is 94.6 Å². The van der Waals surface area contributed by atoms with Gasteiger partial charge < -0.3 is 38.7 Å². The Hall–Kier alpha value is -10.2. The van der Waals surface area contributed by atoms with Gasteiger partial charge in [0.25, 0.3) is 0 Å². The van der Waals surface area contributed by atoms with Crippen molar-refractivity contribution in [3.63, 3.8) is 0 Å². The smallest absolute Gasteiger partial charge is 0.286 e. The Kier molecular flexibility index (Phi) is 57.8. The number of nitrogens with two attached hydrogens (primary N) is 2. The molecule has 30 nitrogen and oxygen atoms in total. The Balaban J connectivity index is 0.00000149. The van der Waals surface area contributed by atoms with E-state index in [0.29, 0.717) is 49.6 Å². The molecular weight excluding hydrogens is 2350 g/mol. The predicted molar refractivity (Wildman–Crippen MR) is 489 cm³/mol. The number of aliphatic hydroxyl groups excluding tert-OH is 1. The van der Waals surface area contributed by atoms with Crippen molar-refractivity contribution in [1.29, 1.82) is 26.3 Å². The Labute approximate surface area is 863 Å². The third-order valence-corrected chi connectivity index (χ3v) is 17.7. The van der Waals surface area contributed by atoms with Crippen LogP contribution in [0.5, 0.6) is 0 Å². The molecule has 0 radical (unpaired) electrons. The van der Waals surface area contributed by atoms with Gasteiger partial charge in [-0.15, -0.1) is 0 Å². The zero-order valence-corrected chi connectivity index (χ0v) is 88.3. The first-order chi connectivity index (χ1) is 62.0. The van der Waals surface area contributed by atoms with E-state index in [9.17, 15) is 45.8 Å². The number of hydrazine groups is 1. The summed E-state index contributed by atoms with van der Waals surface area (Å²) in [4.78, 5) is 31.1. The number of nitriles is 4. The van der Waals surface area contributed by atoms with Crippen LogP contribution in [0.15, 0.2) is 248 Å². The standard InChI is InChI=1S/C12H8F3N3.C12H9N3O2.C12H11N3O.C12H11N3.C11H8BrF3N2.C11H11BrN2.C6H7BrN2.C6H6BrN.C5H8O2.CN.3ClH.Cu.IO4.Na.H2O.Ru/c1-8-5-11(12(13,14)15)18(17-8)10-4-2-3-9(6-10)7-16;1-8-5-11(12(16)17)15(14-8)10-4-2-3-9(6-10)7-13;1-9-5-12(8-16)15(14-9)11-4-2-3-10(6-11)7-13;1-9-6-10(2)15(14-9)12-5-3-4-11(7-12)8-13;1-7-5-10(11(13,14)15)17(16-7)9-4-2-3-8(12)6-9;1-8-6-9(2)14(13-8)11-5-3-4-10(12)7-11;7-5-2-1-3-6(4-5)9-8;7-5-2-1-3-6(8)4-5;1-4(6)3-5(2)7;1-2;;;;;2-1(3,4)5;;;/h2-6H,1H3;2-6H,1H3,(H,16,17);2-6,16H,8H2,1H3;3-7H,1-2H3;2-6H,1H3;3-7H,1-2H3;1-4,9H,8H2;1-4H,8H2;3H2,1-2H3;;3*1H;;;;1H2;/q;;;;;;;;;-1;;;;+1;-1;+1;;+3/p-3. The van der Waals surface area contributed by atoms with Gasteiger partial charge in [0.15, 0.2) is 5.69 Å². The number of carboxylic acids is 1. The number of aromatic nitrogens is 12. The van der Waals surface area contributed by atoms with Gasteiger partial charge in [-0.1, -0.05) is 112 Å². The van der Waals surface area contributed by atoms with Gasteiger partial charge in [-0.3, -0.25) is 29.2 Å². The number of hydrogen-bond acceptors (Lipinski definition) is 22. The molecule has 711 valence electrons. The third-order valence-electron chi connectivity index (χ3n) is 15.7. The summed E-state index contributed by atoms with van der Waals surface area (Å²) in [7, 11) is 14.8. The average molecular weight is 2430 g/mol. The van der Waals surface area contributed by atoms with Crippen LogP contribution in [0.1, 0.15) is 116 Å². The second-order valence-electron chi connectivity index (χ2n) is 26.5. The number of alkyl halides is 6. The van der Waals surface area contributed by atoms with Crippen LogP contribution in [-0.2, 0) is 58.6 Å².